The van der Waals surface area contributed by atoms with Gasteiger partial charge in [-0.3, -0.25) is 4.79 Å². The smallest absolute Gasteiger partial charge is 0.226 e. The zero-order chi connectivity index (χ0) is 14.6. The van der Waals surface area contributed by atoms with Crippen molar-refractivity contribution in [2.24, 2.45) is 5.92 Å². The van der Waals surface area contributed by atoms with E-state index < -0.39 is 0 Å². The van der Waals surface area contributed by atoms with Gasteiger partial charge in [0.1, 0.15) is 0 Å². The number of nitrogens with one attached hydrogen (secondary N) is 1. The Morgan fingerprint density at radius 2 is 1.95 bits per heavy atom. The molecule has 0 saturated carbocycles. The largest absolute Gasteiger partial charge is 0.396 e. The van der Waals surface area contributed by atoms with E-state index in [-0.39, 0.29) is 12.5 Å². The van der Waals surface area contributed by atoms with Crippen LogP contribution in [0.3, 0.4) is 0 Å². The molecule has 0 radical (unpaired) electrons. The number of carbonyl (C=O) groups is 1. The molecule has 0 spiro atoms. The van der Waals surface area contributed by atoms with E-state index in [2.05, 4.69) is 12.2 Å². The number of aliphatic hydroxyl groups excluding tert-OH is 1. The van der Waals surface area contributed by atoms with Crippen LogP contribution in [-0.4, -0.2) is 48.7 Å². The van der Waals surface area contributed by atoms with E-state index in [1.165, 1.54) is 25.7 Å². The van der Waals surface area contributed by atoms with E-state index in [1.807, 2.05) is 4.90 Å². The highest BCUT2D eigenvalue weighted by atomic mass is 16.3. The Morgan fingerprint density at radius 3 is 2.60 bits per heavy atom. The molecule has 1 amide bonds. The summed E-state index contributed by atoms with van der Waals surface area (Å²) in [5.74, 6) is 0.444. The Kier molecular flexibility index (Phi) is 9.67. The van der Waals surface area contributed by atoms with Crippen LogP contribution in [0.5, 0.6) is 0 Å². The van der Waals surface area contributed by atoms with E-state index in [0.717, 1.165) is 38.9 Å². The van der Waals surface area contributed by atoms with Gasteiger partial charge in [0, 0.05) is 26.2 Å². The van der Waals surface area contributed by atoms with E-state index in [4.69, 9.17) is 5.11 Å². The zero-order valence-electron chi connectivity index (χ0n) is 13.1. The fourth-order valence-electron chi connectivity index (χ4n) is 2.82. The lowest BCUT2D eigenvalue weighted by Crippen LogP contribution is -2.44. The van der Waals surface area contributed by atoms with Crippen molar-refractivity contribution >= 4 is 5.91 Å². The van der Waals surface area contributed by atoms with E-state index in [0.29, 0.717) is 18.9 Å². The first-order chi connectivity index (χ1) is 9.79. The Labute approximate surface area is 123 Å². The molecule has 0 unspecified atom stereocenters. The second kappa shape index (κ2) is 11.1. The van der Waals surface area contributed by atoms with Crippen molar-refractivity contribution in [3.63, 3.8) is 0 Å². The molecule has 0 bridgehead atoms. The van der Waals surface area contributed by atoms with Gasteiger partial charge >= 0.3 is 0 Å². The third-order valence-corrected chi connectivity index (χ3v) is 4.08. The number of aliphatic hydroxyl groups is 1. The molecule has 0 aliphatic carbocycles. The fraction of sp³-hybridized carbons (Fsp3) is 0.938. The topological polar surface area (TPSA) is 52.6 Å². The van der Waals surface area contributed by atoms with Gasteiger partial charge < -0.3 is 15.3 Å². The van der Waals surface area contributed by atoms with Crippen molar-refractivity contribution in [1.29, 1.82) is 0 Å². The summed E-state index contributed by atoms with van der Waals surface area (Å²) in [5.41, 5.74) is 0. The van der Waals surface area contributed by atoms with E-state index >= 15 is 0 Å². The molecule has 1 atom stereocenters. The molecule has 0 aromatic heterocycles. The lowest BCUT2D eigenvalue weighted by molar-refractivity contribution is -0.136. The lowest BCUT2D eigenvalue weighted by Gasteiger charge is -2.29. The summed E-state index contributed by atoms with van der Waals surface area (Å²) in [6, 6.07) is 0. The first-order valence-corrected chi connectivity index (χ1v) is 8.40. The van der Waals surface area contributed by atoms with Gasteiger partial charge in [-0.05, 0) is 32.2 Å². The number of rotatable bonds is 10. The van der Waals surface area contributed by atoms with Crippen molar-refractivity contribution in [3.05, 3.63) is 0 Å². The highest BCUT2D eigenvalue weighted by Gasteiger charge is 2.25. The normalized spacial score (nSPS) is 19.0. The summed E-state index contributed by atoms with van der Waals surface area (Å²) < 4.78 is 0. The highest BCUT2D eigenvalue weighted by Crippen LogP contribution is 2.15. The van der Waals surface area contributed by atoms with Crippen LogP contribution in [0.15, 0.2) is 0 Å². The van der Waals surface area contributed by atoms with Gasteiger partial charge in [-0.15, -0.1) is 0 Å². The standard InChI is InChI=1S/C16H32N2O2/c1-2-3-4-5-6-11-18(12-8-13-19)16(20)15-9-7-10-17-14-15/h15,17,19H,2-14H2,1H3/t15-/m1/s1. The third kappa shape index (κ3) is 6.71. The molecule has 1 fully saturated rings. The molecule has 1 heterocycles. The predicted molar refractivity (Wildman–Crippen MR) is 82.6 cm³/mol. The number of carbonyl (C=O) groups excluding carboxylic acids is 1. The van der Waals surface area contributed by atoms with Crippen molar-refractivity contribution in [2.75, 3.05) is 32.8 Å². The van der Waals surface area contributed by atoms with Crippen LogP contribution in [0.4, 0.5) is 0 Å². The summed E-state index contributed by atoms with van der Waals surface area (Å²) in [7, 11) is 0. The maximum atomic E-state index is 12.5. The molecule has 0 aromatic carbocycles. The van der Waals surface area contributed by atoms with Gasteiger partial charge in [0.15, 0.2) is 0 Å². The monoisotopic (exact) mass is 284 g/mol. The molecule has 1 saturated heterocycles. The van der Waals surface area contributed by atoms with Crippen molar-refractivity contribution in [3.8, 4) is 0 Å². The number of hydrogen-bond donors (Lipinski definition) is 2. The maximum absolute atomic E-state index is 12.5. The van der Waals surface area contributed by atoms with Crippen LogP contribution in [0.25, 0.3) is 0 Å². The van der Waals surface area contributed by atoms with E-state index in [1.54, 1.807) is 0 Å². The van der Waals surface area contributed by atoms with Gasteiger partial charge in [-0.2, -0.15) is 0 Å². The lowest BCUT2D eigenvalue weighted by atomic mass is 9.98. The van der Waals surface area contributed by atoms with Crippen molar-refractivity contribution in [1.82, 2.24) is 10.2 Å². The van der Waals surface area contributed by atoms with E-state index in [9.17, 15) is 4.79 Å². The summed E-state index contributed by atoms with van der Waals surface area (Å²) >= 11 is 0. The minimum atomic E-state index is 0.151. The van der Waals surface area contributed by atoms with Crippen molar-refractivity contribution < 1.29 is 9.90 Å². The van der Waals surface area contributed by atoms with Gasteiger partial charge in [0.2, 0.25) is 5.91 Å². The minimum absolute atomic E-state index is 0.151. The molecular formula is C16H32N2O2. The van der Waals surface area contributed by atoms with Crippen LogP contribution in [0.2, 0.25) is 0 Å². The fourth-order valence-corrected chi connectivity index (χ4v) is 2.82. The zero-order valence-corrected chi connectivity index (χ0v) is 13.1. The Bertz CT molecular complexity index is 253. The van der Waals surface area contributed by atoms with Crippen LogP contribution in [0, 0.1) is 5.92 Å². The second-order valence-corrected chi connectivity index (χ2v) is 5.86. The number of piperidine rings is 1. The number of nitrogens with zero attached hydrogens (tertiary/aromatic N) is 1. The SMILES string of the molecule is CCCCCCCN(CCCO)C(=O)[C@@H]1CCCNC1. The second-order valence-electron chi connectivity index (χ2n) is 5.86. The summed E-state index contributed by atoms with van der Waals surface area (Å²) in [4.78, 5) is 14.5. The molecule has 20 heavy (non-hydrogen) atoms. The van der Waals surface area contributed by atoms with Crippen molar-refractivity contribution in [2.45, 2.75) is 58.3 Å². The van der Waals surface area contributed by atoms with Crippen LogP contribution < -0.4 is 5.32 Å². The summed E-state index contributed by atoms with van der Waals surface area (Å²) in [5, 5.41) is 12.3. The van der Waals surface area contributed by atoms with Crippen LogP contribution in [0.1, 0.15) is 58.3 Å². The average molecular weight is 284 g/mol. The first kappa shape index (κ1) is 17.4. The molecule has 0 aromatic rings. The predicted octanol–water partition coefficient (Wildman–Crippen LogP) is 2.17. The Hall–Kier alpha value is -0.610. The van der Waals surface area contributed by atoms with Gasteiger partial charge in [-0.25, -0.2) is 0 Å². The summed E-state index contributed by atoms with van der Waals surface area (Å²) in [6.07, 6.45) is 8.91. The first-order valence-electron chi connectivity index (χ1n) is 8.40. The Morgan fingerprint density at radius 1 is 1.20 bits per heavy atom. The van der Waals surface area contributed by atoms with Gasteiger partial charge in [0.25, 0.3) is 0 Å². The Balaban J connectivity index is 2.34. The summed E-state index contributed by atoms with van der Waals surface area (Å²) in [6.45, 7) is 5.82. The quantitative estimate of drug-likeness (QED) is 0.605. The number of amides is 1. The molecule has 118 valence electrons. The molecule has 1 aliphatic rings. The molecule has 4 nitrogen and oxygen atoms in total. The molecule has 2 N–H and O–H groups in total. The maximum Gasteiger partial charge on any atom is 0.226 e. The minimum Gasteiger partial charge on any atom is -0.396 e. The highest BCUT2D eigenvalue weighted by molar-refractivity contribution is 5.79. The molecular weight excluding hydrogens is 252 g/mol. The molecule has 4 heteroatoms. The molecule has 1 aliphatic heterocycles. The van der Waals surface area contributed by atoms with Crippen LogP contribution in [-0.2, 0) is 4.79 Å². The van der Waals surface area contributed by atoms with Gasteiger partial charge in [0.05, 0.1) is 5.92 Å². The third-order valence-electron chi connectivity index (χ3n) is 4.08. The number of unbranched alkanes of at least 4 members (excludes halogenated alkanes) is 4. The van der Waals surface area contributed by atoms with Gasteiger partial charge in [-0.1, -0.05) is 32.6 Å². The molecule has 1 rings (SSSR count). The van der Waals surface area contributed by atoms with Crippen LogP contribution >= 0.6 is 0 Å². The average Bonchev–Trinajstić information content (AvgIpc) is 2.50. The number of hydrogen-bond acceptors (Lipinski definition) is 3.